The van der Waals surface area contributed by atoms with E-state index in [0.29, 0.717) is 32.5 Å². The van der Waals surface area contributed by atoms with Crippen LogP contribution in [0.15, 0.2) is 80.2 Å². The van der Waals surface area contributed by atoms with Crippen LogP contribution < -0.4 is 15.2 Å². The average molecular weight is 739 g/mol. The summed E-state index contributed by atoms with van der Waals surface area (Å²) in [5, 5.41) is 12.6. The number of nitrogens with zero attached hydrogens (tertiary/aromatic N) is 1. The van der Waals surface area contributed by atoms with E-state index in [-0.39, 0.29) is 15.7 Å². The van der Waals surface area contributed by atoms with Gasteiger partial charge < -0.3 is 15.2 Å². The smallest absolute Gasteiger partial charge is 0.272 e. The summed E-state index contributed by atoms with van der Waals surface area (Å²) in [6.45, 7) is 0. The Morgan fingerprint density at radius 2 is 1.09 bits per heavy atom. The van der Waals surface area contributed by atoms with Crippen LogP contribution in [0.1, 0.15) is 61.5 Å². The molecule has 0 atom stereocenters. The number of nitrogens with two attached hydrogens (primary N) is 1. The third-order valence-electron chi connectivity index (χ3n) is 8.15. The molecule has 0 amide bonds. The number of anilines is 1. The minimum Gasteiger partial charge on any atom is -0.496 e. The van der Waals surface area contributed by atoms with E-state index < -0.39 is 4.92 Å². The lowest BCUT2D eigenvalue weighted by Crippen LogP contribution is -2.10. The van der Waals surface area contributed by atoms with E-state index in [2.05, 4.69) is 12.1 Å². The fraction of sp³-hybridized carbons (Fsp3) is 0.294. The molecule has 12 heteroatoms. The first-order valence-corrected chi connectivity index (χ1v) is 17.8. The Labute approximate surface area is 297 Å². The number of benzene rings is 4. The first-order valence-electron chi connectivity index (χ1n) is 14.7. The van der Waals surface area contributed by atoms with Crippen LogP contribution >= 0.6 is 69.9 Å². The maximum Gasteiger partial charge on any atom is 0.272 e. The highest BCUT2D eigenvalue weighted by atomic mass is 35.5. The second-order valence-corrected chi connectivity index (χ2v) is 14.9. The largest absolute Gasteiger partial charge is 0.496 e. The Morgan fingerprint density at radius 3 is 1.41 bits per heavy atom. The molecule has 6 nitrogen and oxygen atoms in total. The molecule has 2 fully saturated rings. The molecule has 0 saturated heterocycles. The van der Waals surface area contributed by atoms with Gasteiger partial charge in [-0.3, -0.25) is 10.1 Å². The van der Waals surface area contributed by atoms with Crippen LogP contribution in [0.3, 0.4) is 0 Å². The van der Waals surface area contributed by atoms with Crippen molar-refractivity contribution in [2.24, 2.45) is 0 Å². The van der Waals surface area contributed by atoms with Gasteiger partial charge in [-0.25, -0.2) is 0 Å². The van der Waals surface area contributed by atoms with Crippen LogP contribution in [-0.2, 0) is 0 Å². The number of nitro benzene ring substituents is 1. The van der Waals surface area contributed by atoms with Crippen LogP contribution in [-0.4, -0.2) is 19.1 Å². The lowest BCUT2D eigenvalue weighted by molar-refractivity contribution is -0.384. The van der Waals surface area contributed by atoms with Crippen molar-refractivity contribution in [2.75, 3.05) is 20.0 Å². The molecule has 4 aromatic carbocycles. The summed E-state index contributed by atoms with van der Waals surface area (Å²) >= 11 is 27.9. The molecule has 2 N–H and O–H groups in total. The highest BCUT2D eigenvalue weighted by Crippen LogP contribution is 2.47. The molecule has 0 aromatic heterocycles. The molecule has 0 unspecified atom stereocenters. The SMILES string of the molecule is COc1ccc(Sc2c(Cl)cc(N)cc2Cl)cc1C1CCC1.COc1ccc(Sc2c(Cl)cc([N+](=O)[O-])cc2Cl)cc1C1CCC1. The van der Waals surface area contributed by atoms with Crippen LogP contribution in [0.4, 0.5) is 11.4 Å². The molecule has 0 spiro atoms. The number of halogens is 4. The Hall–Kier alpha value is -2.46. The number of hydrogen-bond acceptors (Lipinski definition) is 7. The number of non-ortho nitro benzene ring substituents is 1. The van der Waals surface area contributed by atoms with Crippen molar-refractivity contribution in [3.05, 3.63) is 102 Å². The van der Waals surface area contributed by atoms with Gasteiger partial charge in [-0.05, 0) is 97.2 Å². The van der Waals surface area contributed by atoms with Crippen molar-refractivity contribution in [2.45, 2.75) is 69.9 Å². The molecule has 242 valence electrons. The quantitative estimate of drug-likeness (QED) is 0.104. The van der Waals surface area contributed by atoms with Gasteiger partial charge >= 0.3 is 0 Å². The second kappa shape index (κ2) is 15.6. The maximum absolute atomic E-state index is 10.9. The van der Waals surface area contributed by atoms with E-state index in [1.165, 1.54) is 73.5 Å². The Kier molecular flexibility index (Phi) is 11.8. The van der Waals surface area contributed by atoms with E-state index in [9.17, 15) is 10.1 Å². The number of ether oxygens (including phenoxy) is 2. The zero-order valence-electron chi connectivity index (χ0n) is 25.2. The van der Waals surface area contributed by atoms with Gasteiger partial charge in [0.05, 0.1) is 39.2 Å². The summed E-state index contributed by atoms with van der Waals surface area (Å²) < 4.78 is 11.0. The molecule has 4 aromatic rings. The van der Waals surface area contributed by atoms with Gasteiger partial charge in [0.25, 0.3) is 5.69 Å². The van der Waals surface area contributed by atoms with Crippen LogP contribution in [0.25, 0.3) is 0 Å². The van der Waals surface area contributed by atoms with Gasteiger partial charge in [0.1, 0.15) is 11.5 Å². The van der Waals surface area contributed by atoms with Gasteiger partial charge in [-0.2, -0.15) is 0 Å². The fourth-order valence-corrected chi connectivity index (χ4v) is 8.47. The summed E-state index contributed by atoms with van der Waals surface area (Å²) in [5.41, 5.74) is 8.69. The highest BCUT2D eigenvalue weighted by Gasteiger charge is 2.25. The third-order valence-corrected chi connectivity index (χ3v) is 12.1. The van der Waals surface area contributed by atoms with Gasteiger partial charge in [0, 0.05) is 37.4 Å². The van der Waals surface area contributed by atoms with Crippen molar-refractivity contribution >= 4 is 81.3 Å². The van der Waals surface area contributed by atoms with E-state index in [1.54, 1.807) is 38.1 Å². The summed E-state index contributed by atoms with van der Waals surface area (Å²) in [7, 11) is 3.40. The van der Waals surface area contributed by atoms with Crippen molar-refractivity contribution in [3.8, 4) is 11.5 Å². The molecular formula is C34H32Cl4N2O4S2. The van der Waals surface area contributed by atoms with Gasteiger partial charge in [0.15, 0.2) is 0 Å². The molecule has 0 heterocycles. The third kappa shape index (κ3) is 8.15. The number of hydrogen-bond donors (Lipinski definition) is 1. The molecule has 0 radical (unpaired) electrons. The molecule has 2 aliphatic rings. The van der Waals surface area contributed by atoms with Gasteiger partial charge in [-0.15, -0.1) is 0 Å². The Bertz CT molecular complexity index is 1700. The van der Waals surface area contributed by atoms with Crippen molar-refractivity contribution in [1.82, 2.24) is 0 Å². The molecule has 46 heavy (non-hydrogen) atoms. The predicted octanol–water partition coefficient (Wildman–Crippen LogP) is 12.3. The molecule has 2 aliphatic carbocycles. The number of methoxy groups -OCH3 is 2. The summed E-state index contributed by atoms with van der Waals surface area (Å²) in [6, 6.07) is 18.3. The second-order valence-electron chi connectivity index (χ2n) is 11.1. The summed E-state index contributed by atoms with van der Waals surface area (Å²) in [5.74, 6) is 2.99. The van der Waals surface area contributed by atoms with E-state index in [0.717, 1.165) is 26.2 Å². The predicted molar refractivity (Wildman–Crippen MR) is 191 cm³/mol. The normalized spacial score (nSPS) is 14.5. The topological polar surface area (TPSA) is 87.6 Å². The fourth-order valence-electron chi connectivity index (χ4n) is 5.29. The summed E-state index contributed by atoms with van der Waals surface area (Å²) in [4.78, 5) is 13.9. The molecule has 0 aliphatic heterocycles. The van der Waals surface area contributed by atoms with Crippen molar-refractivity contribution in [1.29, 1.82) is 0 Å². The molecule has 2 saturated carbocycles. The van der Waals surface area contributed by atoms with Gasteiger partial charge in [-0.1, -0.05) is 82.8 Å². The number of nitrogen functional groups attached to an aromatic ring is 1. The van der Waals surface area contributed by atoms with E-state index in [1.807, 2.05) is 24.3 Å². The lowest BCUT2D eigenvalue weighted by atomic mass is 9.80. The number of nitro groups is 1. The van der Waals surface area contributed by atoms with E-state index >= 15 is 0 Å². The van der Waals surface area contributed by atoms with Crippen molar-refractivity contribution < 1.29 is 14.4 Å². The summed E-state index contributed by atoms with van der Waals surface area (Å²) in [6.07, 6.45) is 7.33. The first kappa shape index (κ1) is 34.9. The highest BCUT2D eigenvalue weighted by molar-refractivity contribution is 7.99. The van der Waals surface area contributed by atoms with E-state index in [4.69, 9.17) is 61.6 Å². The molecular weight excluding hydrogens is 706 g/mol. The Morgan fingerprint density at radius 1 is 0.696 bits per heavy atom. The van der Waals surface area contributed by atoms with Crippen LogP contribution in [0, 0.1) is 10.1 Å². The maximum atomic E-state index is 10.9. The minimum atomic E-state index is -0.506. The van der Waals surface area contributed by atoms with Gasteiger partial charge in [0.2, 0.25) is 0 Å². The zero-order chi connectivity index (χ0) is 33.0. The average Bonchev–Trinajstić information content (AvgIpc) is 2.95. The molecule has 0 bridgehead atoms. The molecule has 6 rings (SSSR count). The standard InChI is InChI=1S/C17H15Cl2NO3S.C17H17Cl2NOS/c1-23-16-6-5-12(9-13(16)10-3-2-4-10)24-17-14(18)7-11(20(21)22)8-15(17)19;1-21-16-6-5-12(9-13(16)10-3-2-4-10)22-17-14(18)7-11(20)8-15(17)19/h5-10H,2-4H2,1H3;5-10H,2-4,20H2,1H3. The van der Waals surface area contributed by atoms with Crippen LogP contribution in [0.5, 0.6) is 11.5 Å². The first-order chi connectivity index (χ1) is 22.1. The van der Waals surface area contributed by atoms with Crippen LogP contribution in [0.2, 0.25) is 20.1 Å². The minimum absolute atomic E-state index is 0.112. The van der Waals surface area contributed by atoms with Crippen molar-refractivity contribution in [3.63, 3.8) is 0 Å². The zero-order valence-corrected chi connectivity index (χ0v) is 29.8. The monoisotopic (exact) mass is 736 g/mol. The number of rotatable bonds is 9. The lowest BCUT2D eigenvalue weighted by Gasteiger charge is -2.27. The Balaban J connectivity index is 0.000000182.